The Morgan fingerprint density at radius 3 is 2.91 bits per heavy atom. The molecule has 0 aliphatic carbocycles. The summed E-state index contributed by atoms with van der Waals surface area (Å²) in [4.78, 5) is 13.9. The maximum absolute atomic E-state index is 11.9. The Morgan fingerprint density at radius 2 is 2.14 bits per heavy atom. The van der Waals surface area contributed by atoms with Crippen LogP contribution in [0.4, 0.5) is 0 Å². The molecule has 1 aromatic heterocycles. The third kappa shape index (κ3) is 3.02. The first-order valence-corrected chi connectivity index (χ1v) is 8.30. The van der Waals surface area contributed by atoms with Crippen LogP contribution in [-0.2, 0) is 17.9 Å². The number of likely N-dealkylation sites (tertiary alicyclic amines) is 1. The van der Waals surface area contributed by atoms with Gasteiger partial charge in [0.1, 0.15) is 0 Å². The van der Waals surface area contributed by atoms with Gasteiger partial charge in [0.25, 0.3) is 0 Å². The molecule has 118 valence electrons. The Hall–Kier alpha value is -1.81. The summed E-state index contributed by atoms with van der Waals surface area (Å²) in [7, 11) is 0. The first kappa shape index (κ1) is 15.1. The lowest BCUT2D eigenvalue weighted by Crippen LogP contribution is -2.32. The van der Waals surface area contributed by atoms with Crippen molar-refractivity contribution in [3.63, 3.8) is 0 Å². The lowest BCUT2D eigenvalue weighted by molar-refractivity contribution is -0.127. The number of hydrogen-bond acceptors (Lipinski definition) is 2. The fourth-order valence-corrected chi connectivity index (χ4v) is 3.27. The van der Waals surface area contributed by atoms with Gasteiger partial charge in [-0.05, 0) is 36.4 Å². The molecule has 1 amide bonds. The van der Waals surface area contributed by atoms with E-state index >= 15 is 0 Å². The van der Waals surface area contributed by atoms with E-state index < -0.39 is 0 Å². The quantitative estimate of drug-likeness (QED) is 0.890. The van der Waals surface area contributed by atoms with Gasteiger partial charge in [0.15, 0.2) is 0 Å². The van der Waals surface area contributed by atoms with Crippen LogP contribution in [0.15, 0.2) is 30.5 Å². The zero-order valence-electron chi connectivity index (χ0n) is 13.5. The molecule has 0 bridgehead atoms. The van der Waals surface area contributed by atoms with Gasteiger partial charge in [-0.15, -0.1) is 0 Å². The Morgan fingerprint density at radius 1 is 1.27 bits per heavy atom. The van der Waals surface area contributed by atoms with Crippen LogP contribution in [0.25, 0.3) is 10.9 Å². The van der Waals surface area contributed by atoms with Crippen LogP contribution in [0, 0.1) is 0 Å². The minimum atomic E-state index is 0.285. The Bertz CT molecular complexity index is 661. The molecule has 1 saturated heterocycles. The highest BCUT2D eigenvalue weighted by molar-refractivity contribution is 5.81. The molecule has 0 saturated carbocycles. The molecular formula is C18H25N3O. The van der Waals surface area contributed by atoms with Gasteiger partial charge in [0.05, 0.1) is 0 Å². The molecule has 2 aromatic rings. The first-order chi connectivity index (χ1) is 10.7. The zero-order valence-corrected chi connectivity index (χ0v) is 13.5. The molecule has 1 aliphatic heterocycles. The number of aryl methyl sites for hydroxylation is 1. The molecule has 1 atom stereocenters. The molecular weight excluding hydrogens is 274 g/mol. The van der Waals surface area contributed by atoms with Crippen molar-refractivity contribution >= 4 is 16.8 Å². The molecule has 1 unspecified atom stereocenters. The summed E-state index contributed by atoms with van der Waals surface area (Å²) in [5, 5.41) is 4.83. The number of carbonyl (C=O) groups is 1. The van der Waals surface area contributed by atoms with E-state index in [0.717, 1.165) is 32.6 Å². The van der Waals surface area contributed by atoms with E-state index in [1.54, 1.807) is 0 Å². The molecule has 1 fully saturated rings. The van der Waals surface area contributed by atoms with Gasteiger partial charge in [-0.25, -0.2) is 0 Å². The highest BCUT2D eigenvalue weighted by Gasteiger charge is 2.28. The van der Waals surface area contributed by atoms with Crippen molar-refractivity contribution in [1.29, 1.82) is 0 Å². The maximum Gasteiger partial charge on any atom is 0.224 e. The third-order valence-corrected chi connectivity index (χ3v) is 4.48. The fraction of sp³-hybridized carbons (Fsp3) is 0.500. The predicted octanol–water partition coefficient (Wildman–Crippen LogP) is 2.76. The molecule has 1 aliphatic rings. The van der Waals surface area contributed by atoms with Gasteiger partial charge in [0.2, 0.25) is 5.91 Å². The van der Waals surface area contributed by atoms with Gasteiger partial charge in [0, 0.05) is 50.4 Å². The Kier molecular flexibility index (Phi) is 4.48. The van der Waals surface area contributed by atoms with Gasteiger partial charge >= 0.3 is 0 Å². The van der Waals surface area contributed by atoms with Crippen LogP contribution in [0.3, 0.4) is 0 Å². The molecule has 22 heavy (non-hydrogen) atoms. The van der Waals surface area contributed by atoms with E-state index in [1.807, 2.05) is 4.90 Å². The van der Waals surface area contributed by atoms with Gasteiger partial charge in [-0.3, -0.25) is 4.79 Å². The molecule has 4 heteroatoms. The van der Waals surface area contributed by atoms with Gasteiger partial charge < -0.3 is 14.8 Å². The number of nitrogens with one attached hydrogen (secondary N) is 1. The lowest BCUT2D eigenvalue weighted by atomic mass is 10.1. The average Bonchev–Trinajstić information content (AvgIpc) is 3.09. The Labute approximate surface area is 132 Å². The van der Waals surface area contributed by atoms with Crippen molar-refractivity contribution in [2.45, 2.75) is 45.8 Å². The topological polar surface area (TPSA) is 37.3 Å². The molecule has 3 rings (SSSR count). The van der Waals surface area contributed by atoms with Crippen LogP contribution in [0.1, 0.15) is 32.3 Å². The highest BCUT2D eigenvalue weighted by atomic mass is 16.2. The largest absolute Gasteiger partial charge is 0.348 e. The second kappa shape index (κ2) is 6.53. The van der Waals surface area contributed by atoms with Gasteiger partial charge in [-0.2, -0.15) is 0 Å². The number of rotatable bonds is 6. The molecule has 4 nitrogen and oxygen atoms in total. The summed E-state index contributed by atoms with van der Waals surface area (Å²) in [5.74, 6) is 0.287. The number of nitrogens with zero attached hydrogens (tertiary/aromatic N) is 2. The van der Waals surface area contributed by atoms with E-state index in [1.165, 1.54) is 16.5 Å². The molecule has 2 heterocycles. The number of benzene rings is 1. The third-order valence-electron chi connectivity index (χ3n) is 4.48. The summed E-state index contributed by atoms with van der Waals surface area (Å²) in [6.45, 7) is 7.82. The van der Waals surface area contributed by atoms with Crippen molar-refractivity contribution in [2.24, 2.45) is 0 Å². The maximum atomic E-state index is 11.9. The number of amides is 1. The van der Waals surface area contributed by atoms with Gasteiger partial charge in [-0.1, -0.05) is 19.1 Å². The highest BCUT2D eigenvalue weighted by Crippen LogP contribution is 2.18. The number of fused-ring (bicyclic) bond motifs is 1. The number of aromatic nitrogens is 1. The Balaban J connectivity index is 1.63. The van der Waals surface area contributed by atoms with E-state index in [-0.39, 0.29) is 11.9 Å². The second-order valence-electron chi connectivity index (χ2n) is 6.12. The lowest BCUT2D eigenvalue weighted by Gasteiger charge is -2.16. The number of carbonyl (C=O) groups excluding carboxylic acids is 1. The van der Waals surface area contributed by atoms with Crippen molar-refractivity contribution in [3.8, 4) is 0 Å². The SMILES string of the molecule is CCCN1CC(NCc2ccc3ccn(CC)c3c2)CC1=O. The smallest absolute Gasteiger partial charge is 0.224 e. The first-order valence-electron chi connectivity index (χ1n) is 8.30. The van der Waals surface area contributed by atoms with E-state index in [0.29, 0.717) is 6.42 Å². The summed E-state index contributed by atoms with van der Waals surface area (Å²) >= 11 is 0. The van der Waals surface area contributed by atoms with Crippen LogP contribution < -0.4 is 5.32 Å². The van der Waals surface area contributed by atoms with E-state index in [9.17, 15) is 4.79 Å². The summed E-state index contributed by atoms with van der Waals surface area (Å²) in [5.41, 5.74) is 2.57. The van der Waals surface area contributed by atoms with Crippen molar-refractivity contribution in [2.75, 3.05) is 13.1 Å². The molecule has 1 aromatic carbocycles. The molecule has 0 spiro atoms. The molecule has 1 N–H and O–H groups in total. The fourth-order valence-electron chi connectivity index (χ4n) is 3.27. The summed E-state index contributed by atoms with van der Waals surface area (Å²) in [6, 6.07) is 9.06. The standard InChI is InChI=1S/C18H25N3O/c1-3-8-21-13-16(11-18(21)22)19-12-14-5-6-15-7-9-20(4-2)17(15)10-14/h5-7,9-10,16,19H,3-4,8,11-13H2,1-2H3. The predicted molar refractivity (Wildman–Crippen MR) is 89.7 cm³/mol. The monoisotopic (exact) mass is 299 g/mol. The van der Waals surface area contributed by atoms with Crippen molar-refractivity contribution < 1.29 is 4.79 Å². The average molecular weight is 299 g/mol. The minimum absolute atomic E-state index is 0.285. The minimum Gasteiger partial charge on any atom is -0.348 e. The van der Waals surface area contributed by atoms with Crippen LogP contribution in [0.5, 0.6) is 0 Å². The van der Waals surface area contributed by atoms with Crippen LogP contribution in [-0.4, -0.2) is 34.5 Å². The number of hydrogen-bond donors (Lipinski definition) is 1. The zero-order chi connectivity index (χ0) is 15.5. The van der Waals surface area contributed by atoms with Crippen LogP contribution >= 0.6 is 0 Å². The van der Waals surface area contributed by atoms with E-state index in [2.05, 4.69) is 54.2 Å². The molecule has 0 radical (unpaired) electrons. The second-order valence-corrected chi connectivity index (χ2v) is 6.12. The summed E-state index contributed by atoms with van der Waals surface area (Å²) < 4.78 is 2.26. The van der Waals surface area contributed by atoms with Crippen LogP contribution in [0.2, 0.25) is 0 Å². The van der Waals surface area contributed by atoms with Crippen molar-refractivity contribution in [1.82, 2.24) is 14.8 Å². The summed E-state index contributed by atoms with van der Waals surface area (Å²) in [6.07, 6.45) is 3.80. The van der Waals surface area contributed by atoms with Crippen molar-refractivity contribution in [3.05, 3.63) is 36.0 Å². The van der Waals surface area contributed by atoms with E-state index in [4.69, 9.17) is 0 Å². The normalized spacial score (nSPS) is 18.5.